The number of ether oxygens (including phenoxy) is 1. The highest BCUT2D eigenvalue weighted by Gasteiger charge is 2.32. The normalized spacial score (nSPS) is 14.3. The van der Waals surface area contributed by atoms with Crippen LogP contribution in [0.5, 0.6) is 0 Å². The second kappa shape index (κ2) is 7.66. The molecule has 1 atom stereocenters. The zero-order chi connectivity index (χ0) is 17.8. The molecule has 4 nitrogen and oxygen atoms in total. The molecule has 24 heavy (non-hydrogen) atoms. The van der Waals surface area contributed by atoms with Crippen LogP contribution in [-0.4, -0.2) is 22.1 Å². The fourth-order valence-corrected chi connectivity index (χ4v) is 4.25. The highest BCUT2D eigenvalue weighted by molar-refractivity contribution is 7.89. The van der Waals surface area contributed by atoms with Crippen LogP contribution in [0.4, 0.5) is 0 Å². The van der Waals surface area contributed by atoms with E-state index in [1.165, 1.54) is 6.07 Å². The molecule has 0 aliphatic heterocycles. The SMILES string of the molecule is CCC(CNS(=O)(=O)c1cc(Cl)ccc1C)(OC)c1ccccc1. The Balaban J connectivity index is 2.31. The summed E-state index contributed by atoms with van der Waals surface area (Å²) >= 11 is 5.95. The second-order valence-corrected chi connectivity index (χ2v) is 7.82. The maximum Gasteiger partial charge on any atom is 0.240 e. The van der Waals surface area contributed by atoms with E-state index in [0.717, 1.165) is 5.56 Å². The van der Waals surface area contributed by atoms with Crippen molar-refractivity contribution >= 4 is 21.6 Å². The van der Waals surface area contributed by atoms with E-state index in [1.54, 1.807) is 26.2 Å². The Morgan fingerprint density at radius 2 is 1.83 bits per heavy atom. The van der Waals surface area contributed by atoms with Crippen LogP contribution in [0.25, 0.3) is 0 Å². The minimum absolute atomic E-state index is 0.137. The van der Waals surface area contributed by atoms with Gasteiger partial charge in [-0.15, -0.1) is 0 Å². The van der Waals surface area contributed by atoms with E-state index in [-0.39, 0.29) is 11.4 Å². The first-order valence-corrected chi connectivity index (χ1v) is 9.57. The van der Waals surface area contributed by atoms with E-state index in [1.807, 2.05) is 37.3 Å². The molecule has 0 radical (unpaired) electrons. The Morgan fingerprint density at radius 3 is 2.42 bits per heavy atom. The molecule has 0 aromatic heterocycles. The molecular formula is C18H22ClNO3S. The molecule has 0 saturated carbocycles. The van der Waals surface area contributed by atoms with E-state index >= 15 is 0 Å². The standard InChI is InChI=1S/C18H22ClNO3S/c1-4-18(23-3,15-8-6-5-7-9-15)13-20-24(21,22)17-12-16(19)11-10-14(17)2/h5-12,20H,4,13H2,1-3H3. The van der Waals surface area contributed by atoms with Gasteiger partial charge in [-0.2, -0.15) is 0 Å². The molecular weight excluding hydrogens is 346 g/mol. The van der Waals surface area contributed by atoms with E-state index in [0.29, 0.717) is 17.0 Å². The van der Waals surface area contributed by atoms with Crippen molar-refractivity contribution in [3.8, 4) is 0 Å². The number of benzene rings is 2. The molecule has 1 N–H and O–H groups in total. The van der Waals surface area contributed by atoms with Gasteiger partial charge < -0.3 is 4.74 Å². The molecule has 6 heteroatoms. The van der Waals surface area contributed by atoms with Crippen LogP contribution in [0.1, 0.15) is 24.5 Å². The first-order valence-electron chi connectivity index (χ1n) is 7.71. The topological polar surface area (TPSA) is 55.4 Å². The number of hydrogen-bond acceptors (Lipinski definition) is 3. The van der Waals surface area contributed by atoms with Crippen LogP contribution >= 0.6 is 11.6 Å². The molecule has 2 aromatic carbocycles. The Kier molecular flexibility index (Phi) is 6.04. The average Bonchev–Trinajstić information content (AvgIpc) is 2.59. The minimum atomic E-state index is -3.69. The van der Waals surface area contributed by atoms with Crippen molar-refractivity contribution < 1.29 is 13.2 Å². The number of hydrogen-bond donors (Lipinski definition) is 1. The summed E-state index contributed by atoms with van der Waals surface area (Å²) in [5.41, 5.74) is 0.854. The van der Waals surface area contributed by atoms with Crippen molar-refractivity contribution in [2.75, 3.05) is 13.7 Å². The monoisotopic (exact) mass is 367 g/mol. The maximum absolute atomic E-state index is 12.7. The highest BCUT2D eigenvalue weighted by Crippen LogP contribution is 2.29. The first-order chi connectivity index (χ1) is 11.3. The molecule has 2 rings (SSSR count). The molecule has 0 fully saturated rings. The van der Waals surface area contributed by atoms with Crippen molar-refractivity contribution in [3.05, 3.63) is 64.7 Å². The van der Waals surface area contributed by atoms with E-state index < -0.39 is 15.6 Å². The van der Waals surface area contributed by atoms with Crippen LogP contribution < -0.4 is 4.72 Å². The van der Waals surface area contributed by atoms with Crippen molar-refractivity contribution in [1.29, 1.82) is 0 Å². The Bertz CT molecular complexity index is 787. The van der Waals surface area contributed by atoms with Crippen molar-refractivity contribution in [1.82, 2.24) is 4.72 Å². The predicted molar refractivity (Wildman–Crippen MR) is 96.8 cm³/mol. The summed E-state index contributed by atoms with van der Waals surface area (Å²) in [6, 6.07) is 14.4. The summed E-state index contributed by atoms with van der Waals surface area (Å²) in [6.45, 7) is 3.85. The molecule has 0 aliphatic rings. The molecule has 0 amide bonds. The van der Waals surface area contributed by atoms with Gasteiger partial charge in [-0.05, 0) is 36.6 Å². The van der Waals surface area contributed by atoms with Gasteiger partial charge in [0.1, 0.15) is 5.60 Å². The van der Waals surface area contributed by atoms with Crippen LogP contribution in [-0.2, 0) is 20.4 Å². The lowest BCUT2D eigenvalue weighted by molar-refractivity contribution is -0.0133. The first kappa shape index (κ1) is 18.9. The summed E-state index contributed by atoms with van der Waals surface area (Å²) in [5.74, 6) is 0. The molecule has 1 unspecified atom stereocenters. The summed E-state index contributed by atoms with van der Waals surface area (Å²) in [4.78, 5) is 0.184. The lowest BCUT2D eigenvalue weighted by Gasteiger charge is -2.32. The minimum Gasteiger partial charge on any atom is -0.372 e. The van der Waals surface area contributed by atoms with E-state index in [2.05, 4.69) is 4.72 Å². The highest BCUT2D eigenvalue weighted by atomic mass is 35.5. The van der Waals surface area contributed by atoms with E-state index in [9.17, 15) is 8.42 Å². The summed E-state index contributed by atoms with van der Waals surface area (Å²) in [6.07, 6.45) is 0.630. The van der Waals surface area contributed by atoms with Gasteiger partial charge in [0, 0.05) is 18.7 Å². The molecule has 0 heterocycles. The largest absolute Gasteiger partial charge is 0.372 e. The Morgan fingerprint density at radius 1 is 1.17 bits per heavy atom. The van der Waals surface area contributed by atoms with Crippen LogP contribution in [0.15, 0.2) is 53.4 Å². The third-order valence-electron chi connectivity index (χ3n) is 4.25. The van der Waals surface area contributed by atoms with E-state index in [4.69, 9.17) is 16.3 Å². The lowest BCUT2D eigenvalue weighted by atomic mass is 9.91. The number of rotatable bonds is 7. The summed E-state index contributed by atoms with van der Waals surface area (Å²) < 4.78 is 33.8. The van der Waals surface area contributed by atoms with Crippen LogP contribution in [0.2, 0.25) is 5.02 Å². The average molecular weight is 368 g/mol. The van der Waals surface area contributed by atoms with Gasteiger partial charge in [0.2, 0.25) is 10.0 Å². The zero-order valence-electron chi connectivity index (χ0n) is 14.0. The maximum atomic E-state index is 12.7. The Labute approximate surface area is 148 Å². The van der Waals surface area contributed by atoms with Gasteiger partial charge >= 0.3 is 0 Å². The fraction of sp³-hybridized carbons (Fsp3) is 0.333. The van der Waals surface area contributed by atoms with Gasteiger partial charge in [0.05, 0.1) is 4.90 Å². The number of halogens is 1. The molecule has 0 bridgehead atoms. The van der Waals surface area contributed by atoms with Crippen molar-refractivity contribution in [2.24, 2.45) is 0 Å². The number of aryl methyl sites for hydroxylation is 1. The zero-order valence-corrected chi connectivity index (χ0v) is 15.6. The van der Waals surface area contributed by atoms with Gasteiger partial charge in [-0.25, -0.2) is 13.1 Å². The number of nitrogens with one attached hydrogen (secondary N) is 1. The van der Waals surface area contributed by atoms with Crippen molar-refractivity contribution in [3.63, 3.8) is 0 Å². The van der Waals surface area contributed by atoms with Gasteiger partial charge in [0.15, 0.2) is 0 Å². The van der Waals surface area contributed by atoms with Gasteiger partial charge in [-0.1, -0.05) is 54.9 Å². The second-order valence-electron chi connectivity index (χ2n) is 5.65. The summed E-state index contributed by atoms with van der Waals surface area (Å²) in [7, 11) is -2.10. The smallest absolute Gasteiger partial charge is 0.240 e. The van der Waals surface area contributed by atoms with Gasteiger partial charge in [0.25, 0.3) is 0 Å². The summed E-state index contributed by atoms with van der Waals surface area (Å²) in [5, 5.41) is 0.387. The molecule has 0 spiro atoms. The lowest BCUT2D eigenvalue weighted by Crippen LogP contribution is -2.42. The molecule has 130 valence electrons. The third kappa shape index (κ3) is 3.98. The molecule has 0 saturated heterocycles. The third-order valence-corrected chi connectivity index (χ3v) is 6.03. The predicted octanol–water partition coefficient (Wildman–Crippen LogP) is 3.88. The number of sulfonamides is 1. The number of methoxy groups -OCH3 is 1. The molecule has 2 aromatic rings. The fourth-order valence-electron chi connectivity index (χ4n) is 2.66. The quantitative estimate of drug-likeness (QED) is 0.808. The Hall–Kier alpha value is -1.40. The molecule has 0 aliphatic carbocycles. The van der Waals surface area contributed by atoms with Crippen molar-refractivity contribution in [2.45, 2.75) is 30.8 Å². The van der Waals surface area contributed by atoms with Crippen LogP contribution in [0.3, 0.4) is 0 Å². The van der Waals surface area contributed by atoms with Crippen LogP contribution in [0, 0.1) is 6.92 Å². The van der Waals surface area contributed by atoms with Gasteiger partial charge in [-0.3, -0.25) is 0 Å².